The Hall–Kier alpha value is -1.10. The van der Waals surface area contributed by atoms with Crippen LogP contribution in [0.3, 0.4) is 0 Å². The van der Waals surface area contributed by atoms with Crippen LogP contribution in [-0.4, -0.2) is 29.0 Å². The van der Waals surface area contributed by atoms with E-state index in [2.05, 4.69) is 17.2 Å². The number of amides is 2. The fourth-order valence-corrected chi connectivity index (χ4v) is 2.71. The van der Waals surface area contributed by atoms with Crippen LogP contribution >= 0.6 is 11.3 Å². The summed E-state index contributed by atoms with van der Waals surface area (Å²) in [6.07, 6.45) is 4.07. The van der Waals surface area contributed by atoms with E-state index in [0.717, 1.165) is 41.7 Å². The van der Waals surface area contributed by atoms with Gasteiger partial charge in [-0.05, 0) is 25.7 Å². The van der Waals surface area contributed by atoms with E-state index < -0.39 is 0 Å². The molecule has 1 aromatic heterocycles. The summed E-state index contributed by atoms with van der Waals surface area (Å²) in [4.78, 5) is 19.1. The fourth-order valence-electron chi connectivity index (χ4n) is 1.97. The molecule has 1 fully saturated rings. The zero-order valence-electron chi connectivity index (χ0n) is 10.4. The first kappa shape index (κ1) is 12.4. The highest BCUT2D eigenvalue weighted by atomic mass is 32.1. The van der Waals surface area contributed by atoms with Crippen molar-refractivity contribution in [3.05, 3.63) is 16.1 Å². The molecule has 0 spiro atoms. The van der Waals surface area contributed by atoms with Gasteiger partial charge in [0.15, 0.2) is 0 Å². The quantitative estimate of drug-likeness (QED) is 0.879. The SMILES string of the molecule is Cc1ncc(CNC(=O)N2CCC(C)CC2)s1. The van der Waals surface area contributed by atoms with Crippen molar-refractivity contribution < 1.29 is 4.79 Å². The van der Waals surface area contributed by atoms with Crippen LogP contribution in [0.5, 0.6) is 0 Å². The Morgan fingerprint density at radius 1 is 1.59 bits per heavy atom. The number of thiazole rings is 1. The predicted molar refractivity (Wildman–Crippen MR) is 69.1 cm³/mol. The molecule has 0 radical (unpaired) electrons. The molecule has 5 heteroatoms. The van der Waals surface area contributed by atoms with Crippen molar-refractivity contribution in [3.8, 4) is 0 Å². The third kappa shape index (κ3) is 3.43. The molecule has 4 nitrogen and oxygen atoms in total. The third-order valence-corrected chi connectivity index (χ3v) is 4.07. The van der Waals surface area contributed by atoms with Crippen LogP contribution in [0, 0.1) is 12.8 Å². The minimum atomic E-state index is 0.0583. The number of nitrogens with one attached hydrogen (secondary N) is 1. The molecule has 1 aliphatic heterocycles. The maximum absolute atomic E-state index is 11.9. The Morgan fingerprint density at radius 3 is 2.88 bits per heavy atom. The molecule has 2 amide bonds. The summed E-state index contributed by atoms with van der Waals surface area (Å²) in [6, 6.07) is 0.0583. The molecule has 2 rings (SSSR count). The first-order valence-corrected chi connectivity index (χ1v) is 6.91. The molecule has 0 aliphatic carbocycles. The standard InChI is InChI=1S/C12H19N3OS/c1-9-3-5-15(6-4-9)12(16)14-8-11-7-13-10(2)17-11/h7,9H,3-6,8H2,1-2H3,(H,14,16). The van der Waals surface area contributed by atoms with E-state index in [-0.39, 0.29) is 6.03 Å². The van der Waals surface area contributed by atoms with Crippen LogP contribution in [0.25, 0.3) is 0 Å². The zero-order chi connectivity index (χ0) is 12.3. The van der Waals surface area contributed by atoms with Crippen LogP contribution in [0.15, 0.2) is 6.20 Å². The Labute approximate surface area is 106 Å². The van der Waals surface area contributed by atoms with Crippen molar-refractivity contribution in [2.45, 2.75) is 33.2 Å². The van der Waals surface area contributed by atoms with Gasteiger partial charge in [-0.1, -0.05) is 6.92 Å². The summed E-state index contributed by atoms with van der Waals surface area (Å²) in [5, 5.41) is 4.00. The van der Waals surface area contributed by atoms with Crippen molar-refractivity contribution in [2.24, 2.45) is 5.92 Å². The Morgan fingerprint density at radius 2 is 2.29 bits per heavy atom. The lowest BCUT2D eigenvalue weighted by Gasteiger charge is -2.30. The highest BCUT2D eigenvalue weighted by Crippen LogP contribution is 2.16. The van der Waals surface area contributed by atoms with E-state index in [1.54, 1.807) is 11.3 Å². The molecule has 1 aliphatic rings. The molecular formula is C12H19N3OS. The van der Waals surface area contributed by atoms with Gasteiger partial charge in [0.05, 0.1) is 11.6 Å². The van der Waals surface area contributed by atoms with Crippen LogP contribution in [0.1, 0.15) is 29.7 Å². The van der Waals surface area contributed by atoms with E-state index >= 15 is 0 Å². The second-order valence-electron chi connectivity index (χ2n) is 4.67. The van der Waals surface area contributed by atoms with Crippen LogP contribution < -0.4 is 5.32 Å². The summed E-state index contributed by atoms with van der Waals surface area (Å²) < 4.78 is 0. The number of piperidine rings is 1. The fraction of sp³-hybridized carbons (Fsp3) is 0.667. The average Bonchev–Trinajstić information content (AvgIpc) is 2.73. The highest BCUT2D eigenvalue weighted by Gasteiger charge is 2.19. The van der Waals surface area contributed by atoms with Crippen molar-refractivity contribution >= 4 is 17.4 Å². The molecule has 0 bridgehead atoms. The predicted octanol–water partition coefficient (Wildman–Crippen LogP) is 2.39. The molecule has 1 aromatic rings. The second-order valence-corrected chi connectivity index (χ2v) is 5.99. The first-order valence-electron chi connectivity index (χ1n) is 6.09. The smallest absolute Gasteiger partial charge is 0.317 e. The summed E-state index contributed by atoms with van der Waals surface area (Å²) in [6.45, 7) is 6.58. The number of aryl methyl sites for hydroxylation is 1. The maximum Gasteiger partial charge on any atom is 0.317 e. The van der Waals surface area contributed by atoms with Gasteiger partial charge in [-0.25, -0.2) is 9.78 Å². The highest BCUT2D eigenvalue weighted by molar-refractivity contribution is 7.11. The molecule has 0 aromatic carbocycles. The van der Waals surface area contributed by atoms with Crippen LogP contribution in [-0.2, 0) is 6.54 Å². The van der Waals surface area contributed by atoms with Gasteiger partial charge in [0.25, 0.3) is 0 Å². The molecule has 2 heterocycles. The van der Waals surface area contributed by atoms with E-state index in [4.69, 9.17) is 0 Å². The lowest BCUT2D eigenvalue weighted by atomic mass is 10.00. The van der Waals surface area contributed by atoms with Gasteiger partial charge in [0.2, 0.25) is 0 Å². The van der Waals surface area contributed by atoms with E-state index in [9.17, 15) is 4.79 Å². The molecule has 17 heavy (non-hydrogen) atoms. The molecule has 94 valence electrons. The van der Waals surface area contributed by atoms with E-state index in [0.29, 0.717) is 6.54 Å². The third-order valence-electron chi connectivity index (χ3n) is 3.15. The molecule has 0 unspecified atom stereocenters. The maximum atomic E-state index is 11.9. The van der Waals surface area contributed by atoms with Crippen LogP contribution in [0.4, 0.5) is 4.79 Å². The number of urea groups is 1. The number of carbonyl (C=O) groups is 1. The van der Waals surface area contributed by atoms with E-state index in [1.807, 2.05) is 18.0 Å². The minimum Gasteiger partial charge on any atom is -0.333 e. The number of carbonyl (C=O) groups excluding carboxylic acids is 1. The number of rotatable bonds is 2. The monoisotopic (exact) mass is 253 g/mol. The summed E-state index contributed by atoms with van der Waals surface area (Å²) in [5.41, 5.74) is 0. The number of likely N-dealkylation sites (tertiary alicyclic amines) is 1. The van der Waals surface area contributed by atoms with Gasteiger partial charge < -0.3 is 10.2 Å². The van der Waals surface area contributed by atoms with Gasteiger partial charge in [0.1, 0.15) is 0 Å². The normalized spacial score (nSPS) is 17.2. The Balaban J connectivity index is 1.77. The molecule has 1 saturated heterocycles. The average molecular weight is 253 g/mol. The molecular weight excluding hydrogens is 234 g/mol. The van der Waals surface area contributed by atoms with Gasteiger partial charge in [-0.2, -0.15) is 0 Å². The van der Waals surface area contributed by atoms with Crippen molar-refractivity contribution in [2.75, 3.05) is 13.1 Å². The lowest BCUT2D eigenvalue weighted by Crippen LogP contribution is -2.43. The van der Waals surface area contributed by atoms with Gasteiger partial charge in [-0.3, -0.25) is 0 Å². The Kier molecular flexibility index (Phi) is 3.99. The topological polar surface area (TPSA) is 45.2 Å². The van der Waals surface area contributed by atoms with Crippen LogP contribution in [0.2, 0.25) is 0 Å². The number of hydrogen-bond donors (Lipinski definition) is 1. The minimum absolute atomic E-state index is 0.0583. The second kappa shape index (κ2) is 5.49. The van der Waals surface area contributed by atoms with Crippen molar-refractivity contribution in [3.63, 3.8) is 0 Å². The van der Waals surface area contributed by atoms with Gasteiger partial charge in [0, 0.05) is 24.2 Å². The number of nitrogens with zero attached hydrogens (tertiary/aromatic N) is 2. The summed E-state index contributed by atoms with van der Waals surface area (Å²) >= 11 is 1.63. The van der Waals surface area contributed by atoms with Gasteiger partial charge in [-0.15, -0.1) is 11.3 Å². The zero-order valence-corrected chi connectivity index (χ0v) is 11.2. The largest absolute Gasteiger partial charge is 0.333 e. The Bertz CT molecular complexity index is 383. The molecule has 0 saturated carbocycles. The van der Waals surface area contributed by atoms with Crippen molar-refractivity contribution in [1.29, 1.82) is 0 Å². The van der Waals surface area contributed by atoms with Crippen molar-refractivity contribution in [1.82, 2.24) is 15.2 Å². The van der Waals surface area contributed by atoms with E-state index in [1.165, 1.54) is 0 Å². The molecule has 0 atom stereocenters. The summed E-state index contributed by atoms with van der Waals surface area (Å²) in [7, 11) is 0. The first-order chi connectivity index (χ1) is 8.15. The lowest BCUT2D eigenvalue weighted by molar-refractivity contribution is 0.173. The molecule has 1 N–H and O–H groups in total. The number of hydrogen-bond acceptors (Lipinski definition) is 3. The summed E-state index contributed by atoms with van der Waals surface area (Å²) in [5.74, 6) is 0.753. The number of aromatic nitrogens is 1. The van der Waals surface area contributed by atoms with Gasteiger partial charge >= 0.3 is 6.03 Å².